The fraction of sp³-hybridized carbons (Fsp3) is 0.467. The minimum absolute atomic E-state index is 0.0515. The molecular formula is C15H18O5. The molecule has 20 heavy (non-hydrogen) atoms. The predicted molar refractivity (Wildman–Crippen MR) is 72.0 cm³/mol. The lowest BCUT2D eigenvalue weighted by atomic mass is 9.78. The molecule has 108 valence electrons. The molecule has 1 saturated heterocycles. The van der Waals surface area contributed by atoms with Crippen molar-refractivity contribution in [3.05, 3.63) is 34.9 Å². The molecule has 1 fully saturated rings. The molecule has 1 heterocycles. The first-order chi connectivity index (χ1) is 9.40. The highest BCUT2D eigenvalue weighted by molar-refractivity contribution is 6.22. The monoisotopic (exact) mass is 278 g/mol. The van der Waals surface area contributed by atoms with Crippen LogP contribution in [0.5, 0.6) is 0 Å². The SMILES string of the molecule is C/C=C/C1=C(CO)C(=O)[C@@H]2O[C@]2([C@H](O)C=C(C)C)C1=O. The van der Waals surface area contributed by atoms with Crippen LogP contribution in [0.15, 0.2) is 34.9 Å². The zero-order valence-corrected chi connectivity index (χ0v) is 11.7. The fourth-order valence-electron chi connectivity index (χ4n) is 2.53. The molecule has 5 nitrogen and oxygen atoms in total. The third-order valence-electron chi connectivity index (χ3n) is 3.53. The number of aliphatic hydroxyl groups excluding tert-OH is 2. The van der Waals surface area contributed by atoms with Crippen LogP contribution in [0, 0.1) is 0 Å². The van der Waals surface area contributed by atoms with Crippen molar-refractivity contribution in [1.82, 2.24) is 0 Å². The number of rotatable bonds is 4. The van der Waals surface area contributed by atoms with Crippen LogP contribution in [0.2, 0.25) is 0 Å². The van der Waals surface area contributed by atoms with E-state index in [2.05, 4.69) is 0 Å². The molecule has 1 aliphatic heterocycles. The third-order valence-corrected chi connectivity index (χ3v) is 3.53. The number of carbonyl (C=O) groups excluding carboxylic acids is 2. The Labute approximate surface area is 117 Å². The van der Waals surface area contributed by atoms with Gasteiger partial charge in [0.1, 0.15) is 6.10 Å². The van der Waals surface area contributed by atoms with Crippen LogP contribution in [0.1, 0.15) is 20.8 Å². The van der Waals surface area contributed by atoms with E-state index < -0.39 is 36.0 Å². The van der Waals surface area contributed by atoms with Crippen LogP contribution in [-0.4, -0.2) is 46.2 Å². The molecule has 3 atom stereocenters. The average Bonchev–Trinajstić information content (AvgIpc) is 3.13. The maximum Gasteiger partial charge on any atom is 0.201 e. The molecule has 2 aliphatic rings. The molecule has 0 spiro atoms. The summed E-state index contributed by atoms with van der Waals surface area (Å²) < 4.78 is 5.28. The largest absolute Gasteiger partial charge is 0.392 e. The summed E-state index contributed by atoms with van der Waals surface area (Å²) in [5.41, 5.74) is -0.515. The van der Waals surface area contributed by atoms with Crippen LogP contribution in [-0.2, 0) is 14.3 Å². The van der Waals surface area contributed by atoms with Gasteiger partial charge in [0, 0.05) is 11.1 Å². The summed E-state index contributed by atoms with van der Waals surface area (Å²) >= 11 is 0. The number of carbonyl (C=O) groups is 2. The zero-order valence-electron chi connectivity index (χ0n) is 11.7. The summed E-state index contributed by atoms with van der Waals surface area (Å²) in [5, 5.41) is 19.5. The van der Waals surface area contributed by atoms with Gasteiger partial charge in [0.05, 0.1) is 6.61 Å². The van der Waals surface area contributed by atoms with Gasteiger partial charge >= 0.3 is 0 Å². The summed E-state index contributed by atoms with van der Waals surface area (Å²) in [7, 11) is 0. The number of hydrogen-bond donors (Lipinski definition) is 2. The summed E-state index contributed by atoms with van der Waals surface area (Å²) in [6, 6.07) is 0. The van der Waals surface area contributed by atoms with Gasteiger partial charge in [-0.05, 0) is 20.8 Å². The Morgan fingerprint density at radius 3 is 2.60 bits per heavy atom. The lowest BCUT2D eigenvalue weighted by Crippen LogP contribution is -2.46. The van der Waals surface area contributed by atoms with Gasteiger partial charge in [-0.1, -0.05) is 23.8 Å². The number of allylic oxidation sites excluding steroid dienone is 3. The Morgan fingerprint density at radius 1 is 1.45 bits per heavy atom. The van der Waals surface area contributed by atoms with E-state index in [1.807, 2.05) is 0 Å². The quantitative estimate of drug-likeness (QED) is 0.576. The smallest absolute Gasteiger partial charge is 0.201 e. The van der Waals surface area contributed by atoms with Crippen molar-refractivity contribution in [2.45, 2.75) is 38.6 Å². The molecule has 0 aromatic carbocycles. The first-order valence-corrected chi connectivity index (χ1v) is 6.46. The molecule has 0 radical (unpaired) electrons. The second kappa shape index (κ2) is 5.09. The van der Waals surface area contributed by atoms with Crippen molar-refractivity contribution < 1.29 is 24.5 Å². The highest BCUT2D eigenvalue weighted by Gasteiger charge is 2.72. The molecule has 0 saturated carbocycles. The number of ketones is 2. The van der Waals surface area contributed by atoms with Gasteiger partial charge in [-0.2, -0.15) is 0 Å². The molecule has 2 N–H and O–H groups in total. The number of epoxide rings is 1. The van der Waals surface area contributed by atoms with Crippen LogP contribution in [0.4, 0.5) is 0 Å². The number of Topliss-reactive ketones (excluding diaryl/α,β-unsaturated/α-hetero) is 2. The van der Waals surface area contributed by atoms with Gasteiger partial charge in [-0.3, -0.25) is 9.59 Å². The molecule has 5 heteroatoms. The van der Waals surface area contributed by atoms with Crippen molar-refractivity contribution in [2.75, 3.05) is 6.61 Å². The summed E-state index contributed by atoms with van der Waals surface area (Å²) in [4.78, 5) is 24.7. The average molecular weight is 278 g/mol. The minimum Gasteiger partial charge on any atom is -0.392 e. The highest BCUT2D eigenvalue weighted by Crippen LogP contribution is 2.48. The zero-order chi connectivity index (χ0) is 15.1. The van der Waals surface area contributed by atoms with E-state index >= 15 is 0 Å². The van der Waals surface area contributed by atoms with Crippen molar-refractivity contribution in [3.63, 3.8) is 0 Å². The van der Waals surface area contributed by atoms with E-state index in [9.17, 15) is 19.8 Å². The molecule has 0 bridgehead atoms. The predicted octanol–water partition coefficient (Wildman–Crippen LogP) is 0.468. The lowest BCUT2D eigenvalue weighted by molar-refractivity contribution is -0.125. The van der Waals surface area contributed by atoms with Gasteiger partial charge in [-0.25, -0.2) is 0 Å². The fourth-order valence-corrected chi connectivity index (χ4v) is 2.53. The minimum atomic E-state index is -1.51. The van der Waals surface area contributed by atoms with Gasteiger partial charge < -0.3 is 14.9 Å². The Balaban J connectivity index is 2.49. The number of aliphatic hydroxyl groups is 2. The van der Waals surface area contributed by atoms with E-state index in [1.54, 1.807) is 26.8 Å². The van der Waals surface area contributed by atoms with Crippen molar-refractivity contribution >= 4 is 11.6 Å². The van der Waals surface area contributed by atoms with E-state index in [-0.39, 0.29) is 11.1 Å². The standard InChI is InChI=1S/C15H18O5/c1-4-5-9-10(7-16)12(18)14-15(20-14,13(9)19)11(17)6-8(2)3/h4-6,11,14,16-17H,7H2,1-3H3/b5-4+/t11-,14+,15-/m1/s1. The molecule has 2 rings (SSSR count). The second-order valence-corrected chi connectivity index (χ2v) is 5.22. The third kappa shape index (κ3) is 1.98. The Morgan fingerprint density at radius 2 is 2.10 bits per heavy atom. The first-order valence-electron chi connectivity index (χ1n) is 6.46. The van der Waals surface area contributed by atoms with Crippen LogP contribution >= 0.6 is 0 Å². The Hall–Kier alpha value is -1.56. The summed E-state index contributed by atoms with van der Waals surface area (Å²) in [5.74, 6) is -0.879. The van der Waals surface area contributed by atoms with Crippen molar-refractivity contribution in [1.29, 1.82) is 0 Å². The highest BCUT2D eigenvalue weighted by atomic mass is 16.6. The number of ether oxygens (including phenoxy) is 1. The maximum atomic E-state index is 12.5. The molecule has 0 unspecified atom stereocenters. The van der Waals surface area contributed by atoms with E-state index in [0.717, 1.165) is 5.57 Å². The second-order valence-electron chi connectivity index (χ2n) is 5.22. The van der Waals surface area contributed by atoms with E-state index in [0.29, 0.717) is 0 Å². The van der Waals surface area contributed by atoms with Crippen LogP contribution < -0.4 is 0 Å². The first kappa shape index (κ1) is 14.8. The van der Waals surface area contributed by atoms with E-state index in [1.165, 1.54) is 12.2 Å². The number of fused-ring (bicyclic) bond motifs is 1. The normalized spacial score (nSPS) is 30.6. The molecule has 0 amide bonds. The van der Waals surface area contributed by atoms with Crippen LogP contribution in [0.3, 0.4) is 0 Å². The van der Waals surface area contributed by atoms with Gasteiger partial charge in [0.15, 0.2) is 17.5 Å². The van der Waals surface area contributed by atoms with Gasteiger partial charge in [-0.15, -0.1) is 0 Å². The van der Waals surface area contributed by atoms with Crippen LogP contribution in [0.25, 0.3) is 0 Å². The summed E-state index contributed by atoms with van der Waals surface area (Å²) in [6.45, 7) is 4.76. The Bertz CT molecular complexity index is 551. The maximum absolute atomic E-state index is 12.5. The molecule has 0 aromatic heterocycles. The topological polar surface area (TPSA) is 87.1 Å². The molecule has 0 aromatic rings. The lowest BCUT2D eigenvalue weighted by Gasteiger charge is -2.22. The van der Waals surface area contributed by atoms with E-state index in [4.69, 9.17) is 4.74 Å². The van der Waals surface area contributed by atoms with Crippen molar-refractivity contribution in [2.24, 2.45) is 0 Å². The summed E-state index contributed by atoms with van der Waals surface area (Å²) in [6.07, 6.45) is 2.43. The Kier molecular flexibility index (Phi) is 3.77. The van der Waals surface area contributed by atoms with Gasteiger partial charge in [0.2, 0.25) is 5.78 Å². The number of hydrogen-bond acceptors (Lipinski definition) is 5. The van der Waals surface area contributed by atoms with Gasteiger partial charge in [0.25, 0.3) is 0 Å². The molecular weight excluding hydrogens is 260 g/mol. The molecule has 1 aliphatic carbocycles. The van der Waals surface area contributed by atoms with Crippen molar-refractivity contribution in [3.8, 4) is 0 Å².